The van der Waals surface area contributed by atoms with Crippen LogP contribution in [0.2, 0.25) is 0 Å². The number of aryl methyl sites for hydroxylation is 1. The van der Waals surface area contributed by atoms with Gasteiger partial charge in [-0.15, -0.1) is 0 Å². The first-order valence-electron chi connectivity index (χ1n) is 8.20. The van der Waals surface area contributed by atoms with Crippen LogP contribution >= 0.6 is 15.9 Å². The fourth-order valence-electron chi connectivity index (χ4n) is 3.37. The van der Waals surface area contributed by atoms with E-state index in [-0.39, 0.29) is 31.0 Å². The summed E-state index contributed by atoms with van der Waals surface area (Å²) >= 11 is 3.38. The fourth-order valence-corrected chi connectivity index (χ4v) is 3.71. The first kappa shape index (κ1) is 16.2. The van der Waals surface area contributed by atoms with Crippen LogP contribution in [-0.4, -0.2) is 25.0 Å². The molecular formula is C18H17BrN2O4. The van der Waals surface area contributed by atoms with Gasteiger partial charge >= 0.3 is 0 Å². The number of rotatable bonds is 3. The first-order chi connectivity index (χ1) is 12.1. The Morgan fingerprint density at radius 2 is 2.24 bits per heavy atom. The number of ether oxygens (including phenoxy) is 1. The van der Waals surface area contributed by atoms with E-state index < -0.39 is 0 Å². The summed E-state index contributed by atoms with van der Waals surface area (Å²) in [6.07, 6.45) is 4.41. The van der Waals surface area contributed by atoms with Crippen LogP contribution in [0.3, 0.4) is 0 Å². The van der Waals surface area contributed by atoms with E-state index in [1.54, 1.807) is 18.4 Å². The average molecular weight is 405 g/mol. The van der Waals surface area contributed by atoms with Gasteiger partial charge in [0.1, 0.15) is 18.1 Å². The average Bonchev–Trinajstić information content (AvgIpc) is 3.07. The molecule has 2 aromatic rings. The lowest BCUT2D eigenvalue weighted by Gasteiger charge is -2.30. The summed E-state index contributed by atoms with van der Waals surface area (Å²) in [5.41, 5.74) is 1.65. The monoisotopic (exact) mass is 404 g/mol. The zero-order valence-electron chi connectivity index (χ0n) is 13.5. The van der Waals surface area contributed by atoms with E-state index in [0.717, 1.165) is 35.1 Å². The molecule has 7 heteroatoms. The van der Waals surface area contributed by atoms with Crippen molar-refractivity contribution in [3.05, 3.63) is 46.3 Å². The molecule has 0 bridgehead atoms. The second kappa shape index (κ2) is 6.55. The zero-order valence-corrected chi connectivity index (χ0v) is 15.0. The van der Waals surface area contributed by atoms with E-state index in [9.17, 15) is 9.59 Å². The summed E-state index contributed by atoms with van der Waals surface area (Å²) in [4.78, 5) is 26.2. The van der Waals surface area contributed by atoms with E-state index in [1.807, 2.05) is 12.1 Å². The maximum Gasteiger partial charge on any atom is 0.265 e. The van der Waals surface area contributed by atoms with Gasteiger partial charge in [0, 0.05) is 16.5 Å². The van der Waals surface area contributed by atoms with Crippen LogP contribution in [0.15, 0.2) is 39.4 Å². The SMILES string of the molecule is O=C(CN1C(=O)COc2cc(Br)ccc21)NC1CCCc2occc21. The van der Waals surface area contributed by atoms with Crippen molar-refractivity contribution in [3.63, 3.8) is 0 Å². The zero-order chi connectivity index (χ0) is 17.4. The molecule has 0 radical (unpaired) electrons. The lowest BCUT2D eigenvalue weighted by molar-refractivity contribution is -0.125. The van der Waals surface area contributed by atoms with Crippen LogP contribution in [0.1, 0.15) is 30.2 Å². The van der Waals surface area contributed by atoms with Gasteiger partial charge in [0.2, 0.25) is 5.91 Å². The lowest BCUT2D eigenvalue weighted by atomic mass is 9.93. The third-order valence-corrected chi connectivity index (χ3v) is 5.05. The maximum absolute atomic E-state index is 12.5. The van der Waals surface area contributed by atoms with Gasteiger partial charge in [-0.2, -0.15) is 0 Å². The number of nitrogens with zero attached hydrogens (tertiary/aromatic N) is 1. The number of nitrogens with one attached hydrogen (secondary N) is 1. The molecule has 0 saturated carbocycles. The molecule has 1 aromatic carbocycles. The molecule has 2 aliphatic rings. The van der Waals surface area contributed by atoms with Crippen molar-refractivity contribution < 1.29 is 18.7 Å². The van der Waals surface area contributed by atoms with Crippen molar-refractivity contribution in [1.29, 1.82) is 0 Å². The second-order valence-corrected chi connectivity index (χ2v) is 7.11. The van der Waals surface area contributed by atoms with Gasteiger partial charge in [-0.1, -0.05) is 15.9 Å². The highest BCUT2D eigenvalue weighted by atomic mass is 79.9. The number of halogens is 1. The molecule has 1 unspecified atom stereocenters. The van der Waals surface area contributed by atoms with E-state index in [0.29, 0.717) is 11.4 Å². The van der Waals surface area contributed by atoms with Crippen molar-refractivity contribution in [2.75, 3.05) is 18.1 Å². The molecule has 4 rings (SSSR count). The molecule has 2 heterocycles. The van der Waals surface area contributed by atoms with Crippen molar-refractivity contribution in [3.8, 4) is 5.75 Å². The number of anilines is 1. The van der Waals surface area contributed by atoms with Gasteiger partial charge in [-0.3, -0.25) is 14.5 Å². The molecule has 2 amide bonds. The lowest BCUT2D eigenvalue weighted by Crippen LogP contribution is -2.46. The number of carbonyl (C=O) groups is 2. The largest absolute Gasteiger partial charge is 0.482 e. The molecule has 6 nitrogen and oxygen atoms in total. The van der Waals surface area contributed by atoms with Gasteiger partial charge in [-0.05, 0) is 37.1 Å². The summed E-state index contributed by atoms with van der Waals surface area (Å²) in [7, 11) is 0. The molecule has 0 fully saturated rings. The van der Waals surface area contributed by atoms with Gasteiger partial charge in [0.15, 0.2) is 6.61 Å². The Morgan fingerprint density at radius 3 is 3.12 bits per heavy atom. The third-order valence-electron chi connectivity index (χ3n) is 4.55. The number of amides is 2. The minimum Gasteiger partial charge on any atom is -0.482 e. The molecule has 0 spiro atoms. The molecule has 1 atom stereocenters. The molecule has 130 valence electrons. The Balaban J connectivity index is 1.49. The number of carbonyl (C=O) groups excluding carboxylic acids is 2. The smallest absolute Gasteiger partial charge is 0.265 e. The van der Waals surface area contributed by atoms with Crippen molar-refractivity contribution in [2.24, 2.45) is 0 Å². The molecule has 1 aliphatic heterocycles. The minimum absolute atomic E-state index is 0.0273. The Kier molecular flexibility index (Phi) is 4.25. The second-order valence-electron chi connectivity index (χ2n) is 6.19. The molecule has 0 saturated heterocycles. The van der Waals surface area contributed by atoms with Gasteiger partial charge < -0.3 is 14.5 Å². The van der Waals surface area contributed by atoms with Gasteiger partial charge in [0.25, 0.3) is 5.91 Å². The van der Waals surface area contributed by atoms with Crippen LogP contribution < -0.4 is 15.0 Å². The molecule has 1 aliphatic carbocycles. The standard InChI is InChI=1S/C18H17BrN2O4/c19-11-4-5-14-16(8-11)25-10-18(23)21(14)9-17(22)20-13-2-1-3-15-12(13)6-7-24-15/h4-8,13H,1-3,9-10H2,(H,20,22). The van der Waals surface area contributed by atoms with Crippen molar-refractivity contribution >= 4 is 33.4 Å². The molecule has 25 heavy (non-hydrogen) atoms. The Hall–Kier alpha value is -2.28. The van der Waals surface area contributed by atoms with Gasteiger partial charge in [0.05, 0.1) is 18.0 Å². The summed E-state index contributed by atoms with van der Waals surface area (Å²) in [6, 6.07) is 7.25. The Bertz CT molecular complexity index is 832. The van der Waals surface area contributed by atoms with E-state index >= 15 is 0 Å². The van der Waals surface area contributed by atoms with Crippen LogP contribution in [-0.2, 0) is 16.0 Å². The predicted molar refractivity (Wildman–Crippen MR) is 94.5 cm³/mol. The number of hydrogen-bond acceptors (Lipinski definition) is 4. The Morgan fingerprint density at radius 1 is 1.36 bits per heavy atom. The maximum atomic E-state index is 12.5. The fraction of sp³-hybridized carbons (Fsp3) is 0.333. The highest BCUT2D eigenvalue weighted by Crippen LogP contribution is 2.34. The summed E-state index contributed by atoms with van der Waals surface area (Å²) in [6.45, 7) is -0.0907. The van der Waals surface area contributed by atoms with Crippen LogP contribution in [0, 0.1) is 0 Å². The van der Waals surface area contributed by atoms with Gasteiger partial charge in [-0.25, -0.2) is 0 Å². The van der Waals surface area contributed by atoms with Crippen LogP contribution in [0.25, 0.3) is 0 Å². The summed E-state index contributed by atoms with van der Waals surface area (Å²) < 4.78 is 11.8. The number of fused-ring (bicyclic) bond motifs is 2. The first-order valence-corrected chi connectivity index (χ1v) is 8.99. The molecule has 1 N–H and O–H groups in total. The third kappa shape index (κ3) is 3.16. The van der Waals surface area contributed by atoms with E-state index in [4.69, 9.17) is 9.15 Å². The topological polar surface area (TPSA) is 71.8 Å². The van der Waals surface area contributed by atoms with E-state index in [2.05, 4.69) is 21.2 Å². The normalized spacial score (nSPS) is 19.0. The number of benzene rings is 1. The highest BCUT2D eigenvalue weighted by Gasteiger charge is 2.29. The highest BCUT2D eigenvalue weighted by molar-refractivity contribution is 9.10. The van der Waals surface area contributed by atoms with E-state index in [1.165, 1.54) is 4.90 Å². The van der Waals surface area contributed by atoms with Crippen LogP contribution in [0.5, 0.6) is 5.75 Å². The number of furan rings is 1. The van der Waals surface area contributed by atoms with Crippen molar-refractivity contribution in [1.82, 2.24) is 5.32 Å². The van der Waals surface area contributed by atoms with Crippen molar-refractivity contribution in [2.45, 2.75) is 25.3 Å². The number of hydrogen-bond donors (Lipinski definition) is 1. The minimum atomic E-state index is -0.224. The summed E-state index contributed by atoms with van der Waals surface area (Å²) in [5, 5.41) is 3.03. The molecular weight excluding hydrogens is 388 g/mol. The predicted octanol–water partition coefficient (Wildman–Crippen LogP) is 2.96. The quantitative estimate of drug-likeness (QED) is 0.853. The summed E-state index contributed by atoms with van der Waals surface area (Å²) in [5.74, 6) is 1.12. The Labute approximate surface area is 153 Å². The van der Waals surface area contributed by atoms with Crippen LogP contribution in [0.4, 0.5) is 5.69 Å². The molecule has 1 aromatic heterocycles.